The molecule has 0 radical (unpaired) electrons. The molecule has 0 amide bonds. The number of pyridine rings is 1. The summed E-state index contributed by atoms with van der Waals surface area (Å²) in [5.74, 6) is -0.554. The fourth-order valence-corrected chi connectivity index (χ4v) is 2.46. The molecule has 0 aliphatic carbocycles. The van der Waals surface area contributed by atoms with E-state index in [-0.39, 0.29) is 17.7 Å². The molecule has 2 aromatic rings. The third-order valence-electron chi connectivity index (χ3n) is 3.26. The number of anilines is 1. The summed E-state index contributed by atoms with van der Waals surface area (Å²) in [6.07, 6.45) is 0. The number of carbonyl (C=O) groups excluding carboxylic acids is 1. The summed E-state index contributed by atoms with van der Waals surface area (Å²) >= 11 is 0. The van der Waals surface area contributed by atoms with Crippen molar-refractivity contribution in [3.8, 4) is 0 Å². The second-order valence-corrected chi connectivity index (χ2v) is 4.41. The lowest BCUT2D eigenvalue weighted by Crippen LogP contribution is -2.32. The number of esters is 1. The number of aromatic nitrogens is 1. The minimum absolute atomic E-state index is 0.105. The summed E-state index contributed by atoms with van der Waals surface area (Å²) in [6, 6.07) is 7.34. The van der Waals surface area contributed by atoms with Gasteiger partial charge in [-0.3, -0.25) is 4.79 Å². The van der Waals surface area contributed by atoms with E-state index in [2.05, 4.69) is 5.32 Å². The standard InChI is InChI=1S/C14H14N2O3/c1-2-19-14(18)10-8-9-4-3-5-11-12(9)16(13(10)17)7-6-15-11/h3-5,8,15H,2,6-7H2,1H3. The van der Waals surface area contributed by atoms with E-state index in [9.17, 15) is 9.59 Å². The fourth-order valence-electron chi connectivity index (χ4n) is 2.46. The predicted molar refractivity (Wildman–Crippen MR) is 72.7 cm³/mol. The van der Waals surface area contributed by atoms with Crippen LogP contribution in [0.4, 0.5) is 5.69 Å². The van der Waals surface area contributed by atoms with Gasteiger partial charge in [0.05, 0.1) is 17.8 Å². The van der Waals surface area contributed by atoms with Crippen LogP contribution < -0.4 is 10.9 Å². The van der Waals surface area contributed by atoms with Crippen molar-refractivity contribution >= 4 is 22.6 Å². The third-order valence-corrected chi connectivity index (χ3v) is 3.26. The minimum atomic E-state index is -0.554. The molecule has 0 saturated heterocycles. The van der Waals surface area contributed by atoms with E-state index in [1.807, 2.05) is 18.2 Å². The summed E-state index contributed by atoms with van der Waals surface area (Å²) in [7, 11) is 0. The van der Waals surface area contributed by atoms with Crippen molar-refractivity contribution in [3.63, 3.8) is 0 Å². The first-order chi connectivity index (χ1) is 9.22. The van der Waals surface area contributed by atoms with Crippen LogP contribution in [0.2, 0.25) is 0 Å². The van der Waals surface area contributed by atoms with Crippen molar-refractivity contribution in [2.45, 2.75) is 13.5 Å². The molecule has 2 heterocycles. The van der Waals surface area contributed by atoms with E-state index in [1.54, 1.807) is 17.6 Å². The maximum atomic E-state index is 12.4. The van der Waals surface area contributed by atoms with Crippen LogP contribution in [0.1, 0.15) is 17.3 Å². The normalized spacial score (nSPS) is 13.1. The first-order valence-electron chi connectivity index (χ1n) is 6.30. The predicted octanol–water partition coefficient (Wildman–Crippen LogP) is 1.60. The Balaban J connectivity index is 2.31. The van der Waals surface area contributed by atoms with Gasteiger partial charge in [0.1, 0.15) is 5.56 Å². The van der Waals surface area contributed by atoms with E-state index in [4.69, 9.17) is 4.74 Å². The molecule has 3 rings (SSSR count). The van der Waals surface area contributed by atoms with Crippen LogP contribution in [0.25, 0.3) is 10.9 Å². The molecule has 5 heteroatoms. The Morgan fingerprint density at radius 2 is 2.32 bits per heavy atom. The number of rotatable bonds is 2. The third kappa shape index (κ3) is 1.78. The highest BCUT2D eigenvalue weighted by Crippen LogP contribution is 2.25. The Labute approximate surface area is 109 Å². The minimum Gasteiger partial charge on any atom is -0.462 e. The maximum Gasteiger partial charge on any atom is 0.343 e. The molecule has 0 spiro atoms. The molecule has 1 aliphatic rings. The van der Waals surface area contributed by atoms with Gasteiger partial charge in [0.2, 0.25) is 0 Å². The van der Waals surface area contributed by atoms with Gasteiger partial charge >= 0.3 is 5.97 Å². The van der Waals surface area contributed by atoms with Crippen LogP contribution in [0.3, 0.4) is 0 Å². The zero-order valence-electron chi connectivity index (χ0n) is 10.6. The van der Waals surface area contributed by atoms with Crippen LogP contribution in [0, 0.1) is 0 Å². The molecular weight excluding hydrogens is 244 g/mol. The number of nitrogens with one attached hydrogen (secondary N) is 1. The maximum absolute atomic E-state index is 12.4. The van der Waals surface area contributed by atoms with Crippen LogP contribution in [0.15, 0.2) is 29.1 Å². The monoisotopic (exact) mass is 258 g/mol. The molecule has 0 unspecified atom stereocenters. The topological polar surface area (TPSA) is 60.3 Å². The Morgan fingerprint density at radius 3 is 3.11 bits per heavy atom. The first kappa shape index (κ1) is 11.8. The molecule has 98 valence electrons. The van der Waals surface area contributed by atoms with Crippen LogP contribution in [-0.2, 0) is 11.3 Å². The lowest BCUT2D eigenvalue weighted by molar-refractivity contribution is 0.0524. The number of carbonyl (C=O) groups is 1. The van der Waals surface area contributed by atoms with E-state index in [1.165, 1.54) is 0 Å². The largest absolute Gasteiger partial charge is 0.462 e. The second kappa shape index (κ2) is 4.42. The SMILES string of the molecule is CCOC(=O)c1cc2cccc3c2n(c1=O)CCN3. The van der Waals surface area contributed by atoms with Gasteiger partial charge in [0, 0.05) is 18.5 Å². The molecular formula is C14H14N2O3. The second-order valence-electron chi connectivity index (χ2n) is 4.41. The Hall–Kier alpha value is -2.30. The van der Waals surface area contributed by atoms with E-state index < -0.39 is 5.97 Å². The van der Waals surface area contributed by atoms with Gasteiger partial charge in [-0.15, -0.1) is 0 Å². The lowest BCUT2D eigenvalue weighted by Gasteiger charge is -2.21. The van der Waals surface area contributed by atoms with Crippen LogP contribution >= 0.6 is 0 Å². The van der Waals surface area contributed by atoms with Gasteiger partial charge in [-0.05, 0) is 19.1 Å². The number of hydrogen-bond donors (Lipinski definition) is 1. The van der Waals surface area contributed by atoms with Crippen molar-refractivity contribution in [1.82, 2.24) is 4.57 Å². The molecule has 0 bridgehead atoms. The summed E-state index contributed by atoms with van der Waals surface area (Å²) < 4.78 is 6.58. The lowest BCUT2D eigenvalue weighted by atomic mass is 10.1. The fraction of sp³-hybridized carbons (Fsp3) is 0.286. The molecule has 1 aromatic heterocycles. The van der Waals surface area contributed by atoms with Gasteiger partial charge in [-0.1, -0.05) is 12.1 Å². The summed E-state index contributed by atoms with van der Waals surface area (Å²) in [5, 5.41) is 4.12. The molecule has 19 heavy (non-hydrogen) atoms. The Bertz CT molecular complexity index is 718. The smallest absolute Gasteiger partial charge is 0.343 e. The Kier molecular flexibility index (Phi) is 2.74. The molecule has 5 nitrogen and oxygen atoms in total. The summed E-state index contributed by atoms with van der Waals surface area (Å²) in [5.41, 5.74) is 1.61. The zero-order valence-corrected chi connectivity index (χ0v) is 10.6. The van der Waals surface area contributed by atoms with Crippen molar-refractivity contribution in [1.29, 1.82) is 0 Å². The van der Waals surface area contributed by atoms with E-state index in [0.717, 1.165) is 16.6 Å². The van der Waals surface area contributed by atoms with Gasteiger partial charge in [-0.2, -0.15) is 0 Å². The molecule has 0 atom stereocenters. The van der Waals surface area contributed by atoms with Crippen LogP contribution in [-0.4, -0.2) is 23.7 Å². The number of benzene rings is 1. The molecule has 1 N–H and O–H groups in total. The van der Waals surface area contributed by atoms with Gasteiger partial charge < -0.3 is 14.6 Å². The van der Waals surface area contributed by atoms with Crippen molar-refractivity contribution < 1.29 is 9.53 Å². The number of hydrogen-bond acceptors (Lipinski definition) is 4. The summed E-state index contributed by atoms with van der Waals surface area (Å²) in [6.45, 7) is 3.22. The quantitative estimate of drug-likeness (QED) is 0.831. The van der Waals surface area contributed by atoms with Gasteiger partial charge in [0.25, 0.3) is 5.56 Å². The Morgan fingerprint density at radius 1 is 1.47 bits per heavy atom. The van der Waals surface area contributed by atoms with E-state index in [0.29, 0.717) is 13.1 Å². The van der Waals surface area contributed by atoms with Gasteiger partial charge in [0.15, 0.2) is 0 Å². The van der Waals surface area contributed by atoms with Crippen molar-refractivity contribution in [2.75, 3.05) is 18.5 Å². The molecule has 1 aliphatic heterocycles. The average molecular weight is 258 g/mol. The number of ether oxygens (including phenoxy) is 1. The molecule has 0 saturated carbocycles. The molecule has 0 fully saturated rings. The highest BCUT2D eigenvalue weighted by atomic mass is 16.5. The summed E-state index contributed by atoms with van der Waals surface area (Å²) in [4.78, 5) is 24.2. The van der Waals surface area contributed by atoms with Crippen molar-refractivity contribution in [2.24, 2.45) is 0 Å². The van der Waals surface area contributed by atoms with Gasteiger partial charge in [-0.25, -0.2) is 4.79 Å². The van der Waals surface area contributed by atoms with Crippen LogP contribution in [0.5, 0.6) is 0 Å². The number of para-hydroxylation sites is 1. The number of nitrogens with zero attached hydrogens (tertiary/aromatic N) is 1. The first-order valence-corrected chi connectivity index (χ1v) is 6.30. The zero-order chi connectivity index (χ0) is 13.4. The highest BCUT2D eigenvalue weighted by Gasteiger charge is 2.19. The van der Waals surface area contributed by atoms with Crippen molar-refractivity contribution in [3.05, 3.63) is 40.2 Å². The average Bonchev–Trinajstić information content (AvgIpc) is 2.43. The van der Waals surface area contributed by atoms with E-state index >= 15 is 0 Å². The highest BCUT2D eigenvalue weighted by molar-refractivity contribution is 5.97. The molecule has 1 aromatic carbocycles.